The standard InChI is InChI=1S/C12H11FN2OS/c1-7-2-3-11(17-7)12(16)15-10-5-8(13)4-9(14)6-10/h2-6H,14H2,1H3,(H,15,16). The van der Waals surface area contributed by atoms with Crippen molar-refractivity contribution in [1.29, 1.82) is 0 Å². The summed E-state index contributed by atoms with van der Waals surface area (Å²) >= 11 is 1.39. The van der Waals surface area contributed by atoms with E-state index in [4.69, 9.17) is 5.73 Å². The Morgan fingerprint density at radius 1 is 1.35 bits per heavy atom. The Bertz CT molecular complexity index is 545. The SMILES string of the molecule is Cc1ccc(C(=O)Nc2cc(N)cc(F)c2)s1. The average molecular weight is 250 g/mol. The lowest BCUT2D eigenvalue weighted by Gasteiger charge is -2.04. The molecule has 17 heavy (non-hydrogen) atoms. The Balaban J connectivity index is 2.18. The van der Waals surface area contributed by atoms with Gasteiger partial charge in [0.15, 0.2) is 0 Å². The van der Waals surface area contributed by atoms with Gasteiger partial charge in [0.1, 0.15) is 5.82 Å². The van der Waals surface area contributed by atoms with Crippen LogP contribution in [0.4, 0.5) is 15.8 Å². The van der Waals surface area contributed by atoms with Gasteiger partial charge in [-0.15, -0.1) is 11.3 Å². The lowest BCUT2D eigenvalue weighted by Crippen LogP contribution is -2.10. The summed E-state index contributed by atoms with van der Waals surface area (Å²) in [5, 5.41) is 2.60. The predicted octanol–water partition coefficient (Wildman–Crippen LogP) is 3.03. The zero-order chi connectivity index (χ0) is 12.4. The van der Waals surface area contributed by atoms with Gasteiger partial charge in [0.25, 0.3) is 5.91 Å². The molecule has 1 amide bonds. The quantitative estimate of drug-likeness (QED) is 0.805. The van der Waals surface area contributed by atoms with Crippen molar-refractivity contribution in [2.24, 2.45) is 0 Å². The molecule has 0 aliphatic heterocycles. The van der Waals surface area contributed by atoms with E-state index >= 15 is 0 Å². The predicted molar refractivity (Wildman–Crippen MR) is 67.8 cm³/mol. The van der Waals surface area contributed by atoms with Gasteiger partial charge in [-0.05, 0) is 37.3 Å². The van der Waals surface area contributed by atoms with E-state index in [0.29, 0.717) is 10.6 Å². The number of aryl methyl sites for hydroxylation is 1. The largest absolute Gasteiger partial charge is 0.399 e. The summed E-state index contributed by atoms with van der Waals surface area (Å²) in [4.78, 5) is 13.4. The molecule has 1 aromatic heterocycles. The van der Waals surface area contributed by atoms with Crippen molar-refractivity contribution in [2.45, 2.75) is 6.92 Å². The maximum Gasteiger partial charge on any atom is 0.265 e. The van der Waals surface area contributed by atoms with Crippen LogP contribution in [0, 0.1) is 12.7 Å². The Morgan fingerprint density at radius 2 is 2.12 bits per heavy atom. The van der Waals surface area contributed by atoms with E-state index in [-0.39, 0.29) is 11.6 Å². The fourth-order valence-corrected chi connectivity index (χ4v) is 2.20. The van der Waals surface area contributed by atoms with Crippen molar-refractivity contribution in [2.75, 3.05) is 11.1 Å². The number of amides is 1. The molecule has 0 aliphatic carbocycles. The van der Waals surface area contributed by atoms with E-state index in [0.717, 1.165) is 4.88 Å². The van der Waals surface area contributed by atoms with Crippen molar-refractivity contribution < 1.29 is 9.18 Å². The molecule has 0 spiro atoms. The molecule has 0 bridgehead atoms. The molecule has 0 saturated heterocycles. The molecule has 0 fully saturated rings. The van der Waals surface area contributed by atoms with E-state index in [2.05, 4.69) is 5.32 Å². The number of halogens is 1. The number of nitrogen functional groups attached to an aromatic ring is 1. The number of thiophene rings is 1. The molecule has 88 valence electrons. The second-order valence-corrected chi connectivity index (χ2v) is 4.93. The summed E-state index contributed by atoms with van der Waals surface area (Å²) in [6, 6.07) is 7.54. The van der Waals surface area contributed by atoms with Gasteiger partial charge in [0.2, 0.25) is 0 Å². The molecule has 3 N–H and O–H groups in total. The highest BCUT2D eigenvalue weighted by Crippen LogP contribution is 2.19. The number of hydrogen-bond donors (Lipinski definition) is 2. The van der Waals surface area contributed by atoms with Crippen molar-refractivity contribution in [3.8, 4) is 0 Å². The normalized spacial score (nSPS) is 10.2. The van der Waals surface area contributed by atoms with Gasteiger partial charge < -0.3 is 11.1 Å². The highest BCUT2D eigenvalue weighted by Gasteiger charge is 2.09. The number of nitrogens with one attached hydrogen (secondary N) is 1. The number of carbonyl (C=O) groups is 1. The van der Waals surface area contributed by atoms with Crippen molar-refractivity contribution in [1.82, 2.24) is 0 Å². The summed E-state index contributed by atoms with van der Waals surface area (Å²) in [6.07, 6.45) is 0. The summed E-state index contributed by atoms with van der Waals surface area (Å²) in [5.74, 6) is -0.726. The van der Waals surface area contributed by atoms with Crippen molar-refractivity contribution >= 4 is 28.6 Å². The molecule has 1 heterocycles. The molecule has 0 atom stereocenters. The third kappa shape index (κ3) is 2.82. The molecule has 3 nitrogen and oxygen atoms in total. The first-order valence-electron chi connectivity index (χ1n) is 4.98. The van der Waals surface area contributed by atoms with Gasteiger partial charge in [-0.1, -0.05) is 0 Å². The van der Waals surface area contributed by atoms with E-state index in [1.165, 1.54) is 29.5 Å². The van der Waals surface area contributed by atoms with Crippen LogP contribution in [-0.4, -0.2) is 5.91 Å². The first-order valence-corrected chi connectivity index (χ1v) is 5.80. The number of nitrogens with two attached hydrogens (primary N) is 1. The molecular weight excluding hydrogens is 239 g/mol. The number of benzene rings is 1. The zero-order valence-corrected chi connectivity index (χ0v) is 9.98. The van der Waals surface area contributed by atoms with Gasteiger partial charge in [-0.25, -0.2) is 4.39 Å². The molecular formula is C12H11FN2OS. The van der Waals surface area contributed by atoms with Gasteiger partial charge in [0.05, 0.1) is 4.88 Å². The smallest absolute Gasteiger partial charge is 0.265 e. The molecule has 1 aromatic carbocycles. The van der Waals surface area contributed by atoms with Crippen molar-refractivity contribution in [3.05, 3.63) is 45.9 Å². The fourth-order valence-electron chi connectivity index (χ4n) is 1.43. The maximum absolute atomic E-state index is 13.1. The number of rotatable bonds is 2. The molecule has 2 aromatic rings. The van der Waals surface area contributed by atoms with Crippen LogP contribution in [0.5, 0.6) is 0 Å². The van der Waals surface area contributed by atoms with Crippen molar-refractivity contribution in [3.63, 3.8) is 0 Å². The van der Waals surface area contributed by atoms with Crippen LogP contribution in [0.25, 0.3) is 0 Å². The summed E-state index contributed by atoms with van der Waals surface area (Å²) < 4.78 is 13.1. The topological polar surface area (TPSA) is 55.1 Å². The number of carbonyl (C=O) groups excluding carboxylic acids is 1. The van der Waals surface area contributed by atoms with Gasteiger partial charge >= 0.3 is 0 Å². The lowest BCUT2D eigenvalue weighted by atomic mass is 10.2. The van der Waals surface area contributed by atoms with E-state index in [9.17, 15) is 9.18 Å². The van der Waals surface area contributed by atoms with E-state index < -0.39 is 5.82 Å². The lowest BCUT2D eigenvalue weighted by molar-refractivity contribution is 0.103. The van der Waals surface area contributed by atoms with Crippen LogP contribution in [0.15, 0.2) is 30.3 Å². The Labute approximate surface area is 102 Å². The Hall–Kier alpha value is -1.88. The van der Waals surface area contributed by atoms with Crippen LogP contribution in [-0.2, 0) is 0 Å². The molecule has 0 saturated carbocycles. The van der Waals surface area contributed by atoms with Crippen LogP contribution in [0.2, 0.25) is 0 Å². The van der Waals surface area contributed by atoms with Gasteiger partial charge in [-0.3, -0.25) is 4.79 Å². The second kappa shape index (κ2) is 4.55. The molecule has 5 heteroatoms. The Morgan fingerprint density at radius 3 is 2.71 bits per heavy atom. The maximum atomic E-state index is 13.1. The van der Waals surface area contributed by atoms with Crippen LogP contribution in [0.3, 0.4) is 0 Å². The highest BCUT2D eigenvalue weighted by atomic mass is 32.1. The third-order valence-electron chi connectivity index (χ3n) is 2.14. The minimum Gasteiger partial charge on any atom is -0.399 e. The van der Waals surface area contributed by atoms with E-state index in [1.54, 1.807) is 6.07 Å². The monoisotopic (exact) mass is 250 g/mol. The summed E-state index contributed by atoms with van der Waals surface area (Å²) in [5.41, 5.74) is 6.13. The van der Waals surface area contributed by atoms with Crippen LogP contribution in [0.1, 0.15) is 14.5 Å². The Kier molecular flexibility index (Phi) is 3.10. The van der Waals surface area contributed by atoms with Gasteiger partial charge in [0, 0.05) is 16.3 Å². The second-order valence-electron chi connectivity index (χ2n) is 3.64. The molecule has 0 aliphatic rings. The van der Waals surface area contributed by atoms with E-state index in [1.807, 2.05) is 13.0 Å². The third-order valence-corrected chi connectivity index (χ3v) is 3.14. The molecule has 2 rings (SSSR count). The first-order chi connectivity index (χ1) is 8.04. The molecule has 0 radical (unpaired) electrons. The highest BCUT2D eigenvalue weighted by molar-refractivity contribution is 7.14. The average Bonchev–Trinajstić information content (AvgIpc) is 2.63. The molecule has 0 unspecified atom stereocenters. The number of anilines is 2. The number of hydrogen-bond acceptors (Lipinski definition) is 3. The van der Waals surface area contributed by atoms with Gasteiger partial charge in [-0.2, -0.15) is 0 Å². The van der Waals surface area contributed by atoms with Crippen LogP contribution < -0.4 is 11.1 Å². The van der Waals surface area contributed by atoms with Crippen LogP contribution >= 0.6 is 11.3 Å². The minimum absolute atomic E-state index is 0.256. The summed E-state index contributed by atoms with van der Waals surface area (Å²) in [7, 11) is 0. The zero-order valence-electron chi connectivity index (χ0n) is 9.16. The fraction of sp³-hybridized carbons (Fsp3) is 0.0833. The minimum atomic E-state index is -0.470. The first kappa shape index (κ1) is 11.6. The summed E-state index contributed by atoms with van der Waals surface area (Å²) in [6.45, 7) is 1.92.